The number of carbonyl (C=O) groups excluding carboxylic acids is 2. The number of carbonyl (C=O) groups is 2. The van der Waals surface area contributed by atoms with Crippen LogP contribution in [0.2, 0.25) is 0 Å². The second-order valence-corrected chi connectivity index (χ2v) is 12.8. The lowest BCUT2D eigenvalue weighted by molar-refractivity contribution is -0.120. The molecule has 40 heavy (non-hydrogen) atoms. The molecule has 208 valence electrons. The highest BCUT2D eigenvalue weighted by atomic mass is 32.1. The molecule has 2 fully saturated rings. The summed E-state index contributed by atoms with van der Waals surface area (Å²) < 4.78 is 0.950. The van der Waals surface area contributed by atoms with Crippen molar-refractivity contribution in [3.63, 3.8) is 0 Å². The van der Waals surface area contributed by atoms with Gasteiger partial charge in [0.05, 0.1) is 16.3 Å². The first-order chi connectivity index (χ1) is 19.5. The molecule has 1 heterocycles. The van der Waals surface area contributed by atoms with Crippen molar-refractivity contribution in [1.82, 2.24) is 10.3 Å². The fourth-order valence-corrected chi connectivity index (χ4v) is 7.41. The third-order valence-electron chi connectivity index (χ3n) is 8.68. The summed E-state index contributed by atoms with van der Waals surface area (Å²) in [5, 5.41) is 12.9. The predicted molar refractivity (Wildman–Crippen MR) is 165 cm³/mol. The molecule has 0 bridgehead atoms. The number of anilines is 2. The average molecular weight is 555 g/mol. The molecule has 6 rings (SSSR count). The van der Waals surface area contributed by atoms with E-state index < -0.39 is 0 Å². The Hall–Kier alpha value is -3.29. The van der Waals surface area contributed by atoms with Crippen molar-refractivity contribution in [2.75, 3.05) is 10.6 Å². The number of aromatic nitrogens is 1. The molecular formula is C33H38N4O2S. The van der Waals surface area contributed by atoms with Gasteiger partial charge < -0.3 is 16.0 Å². The van der Waals surface area contributed by atoms with Gasteiger partial charge >= 0.3 is 0 Å². The van der Waals surface area contributed by atoms with Crippen molar-refractivity contribution in [3.8, 4) is 0 Å². The van der Waals surface area contributed by atoms with Crippen LogP contribution in [0.25, 0.3) is 21.0 Å². The zero-order chi connectivity index (χ0) is 27.5. The molecular weight excluding hydrogens is 516 g/mol. The fourth-order valence-electron chi connectivity index (χ4n) is 6.51. The smallest absolute Gasteiger partial charge is 0.241 e. The maximum absolute atomic E-state index is 13.7. The van der Waals surface area contributed by atoms with E-state index in [-0.39, 0.29) is 23.8 Å². The molecule has 2 aliphatic rings. The highest BCUT2D eigenvalue weighted by Gasteiger charge is 2.31. The summed E-state index contributed by atoms with van der Waals surface area (Å²) >= 11 is 1.46. The first kappa shape index (κ1) is 26.9. The number of nitrogens with one attached hydrogen (secondary N) is 3. The standard InChI is InChI=1S/C33H38N4O2S/c1-21-7-6-12-26(17-21)30(34-20-22-13-14-23-8-2-5-11-25(23)18-22)32(39)35-27-15-16-28-29(19-27)40-33(36-28)37-31(38)24-9-3-4-10-24/h2,5,8,11,13-16,18-19,21,24,26,30,34H,3-4,6-7,9-10,12,17,20H2,1H3,(H,35,39)(H,36,37,38)/t21-,26?,30+/m1/s1. The number of hydrogen-bond donors (Lipinski definition) is 3. The van der Waals surface area contributed by atoms with Crippen LogP contribution in [0.5, 0.6) is 0 Å². The second kappa shape index (κ2) is 12.1. The Kier molecular flexibility index (Phi) is 8.12. The predicted octanol–water partition coefficient (Wildman–Crippen LogP) is 7.50. The van der Waals surface area contributed by atoms with E-state index in [9.17, 15) is 9.59 Å². The van der Waals surface area contributed by atoms with E-state index in [0.717, 1.165) is 60.8 Å². The molecule has 0 aliphatic heterocycles. The molecule has 7 heteroatoms. The Labute approximate surface area is 240 Å². The minimum absolute atomic E-state index is 0.0125. The molecule has 1 aromatic heterocycles. The average Bonchev–Trinajstić information content (AvgIpc) is 3.63. The fraction of sp³-hybridized carbons (Fsp3) is 0.424. The summed E-state index contributed by atoms with van der Waals surface area (Å²) in [7, 11) is 0. The second-order valence-electron chi connectivity index (χ2n) is 11.7. The summed E-state index contributed by atoms with van der Waals surface area (Å²) in [4.78, 5) is 30.9. The summed E-state index contributed by atoms with van der Waals surface area (Å²) in [5.74, 6) is 1.12. The minimum atomic E-state index is -0.271. The number of rotatable bonds is 8. The normalized spacial score (nSPS) is 20.5. The number of nitrogens with zero attached hydrogens (tertiary/aromatic N) is 1. The van der Waals surface area contributed by atoms with Crippen LogP contribution in [0.15, 0.2) is 60.7 Å². The Morgan fingerprint density at radius 2 is 1.75 bits per heavy atom. The van der Waals surface area contributed by atoms with Crippen molar-refractivity contribution >= 4 is 55.0 Å². The SMILES string of the molecule is C[C@@H]1CCCC([C@H](NCc2ccc3ccccc3c2)C(=O)Nc2ccc3nc(NC(=O)C4CCCC4)sc3c2)C1. The van der Waals surface area contributed by atoms with Crippen molar-refractivity contribution in [3.05, 3.63) is 66.2 Å². The minimum Gasteiger partial charge on any atom is -0.325 e. The third kappa shape index (κ3) is 6.21. The van der Waals surface area contributed by atoms with Gasteiger partial charge in [0.15, 0.2) is 5.13 Å². The molecule has 0 radical (unpaired) electrons. The van der Waals surface area contributed by atoms with Gasteiger partial charge in [-0.05, 0) is 78.1 Å². The van der Waals surface area contributed by atoms with Gasteiger partial charge in [0.25, 0.3) is 0 Å². The van der Waals surface area contributed by atoms with E-state index >= 15 is 0 Å². The molecule has 3 N–H and O–H groups in total. The van der Waals surface area contributed by atoms with Crippen molar-refractivity contribution in [2.24, 2.45) is 17.8 Å². The van der Waals surface area contributed by atoms with Crippen molar-refractivity contribution < 1.29 is 9.59 Å². The van der Waals surface area contributed by atoms with Gasteiger partial charge in [0, 0.05) is 18.2 Å². The quantitative estimate of drug-likeness (QED) is 0.211. The van der Waals surface area contributed by atoms with Crippen LogP contribution in [-0.4, -0.2) is 22.8 Å². The van der Waals surface area contributed by atoms with Gasteiger partial charge in [0.1, 0.15) is 0 Å². The highest BCUT2D eigenvalue weighted by Crippen LogP contribution is 2.33. The molecule has 6 nitrogen and oxygen atoms in total. The molecule has 2 amide bonds. The van der Waals surface area contributed by atoms with Crippen LogP contribution in [0.4, 0.5) is 10.8 Å². The van der Waals surface area contributed by atoms with Gasteiger partial charge in [-0.1, -0.05) is 80.3 Å². The summed E-state index contributed by atoms with van der Waals surface area (Å²) in [6.07, 6.45) is 8.68. The maximum atomic E-state index is 13.7. The number of amides is 2. The summed E-state index contributed by atoms with van der Waals surface area (Å²) in [6, 6.07) is 20.4. The number of hydrogen-bond acceptors (Lipinski definition) is 5. The number of thiazole rings is 1. The largest absolute Gasteiger partial charge is 0.325 e. The van der Waals surface area contributed by atoms with Crippen LogP contribution < -0.4 is 16.0 Å². The topological polar surface area (TPSA) is 83.1 Å². The molecule has 0 spiro atoms. The summed E-state index contributed by atoms with van der Waals surface area (Å²) in [6.45, 7) is 2.94. The molecule has 3 atom stereocenters. The Balaban J connectivity index is 1.16. The molecule has 1 unspecified atom stereocenters. The van der Waals surface area contributed by atoms with Gasteiger partial charge in [0.2, 0.25) is 11.8 Å². The molecule has 2 aliphatic carbocycles. The van der Waals surface area contributed by atoms with Crippen LogP contribution in [0.3, 0.4) is 0 Å². The third-order valence-corrected chi connectivity index (χ3v) is 9.62. The van der Waals surface area contributed by atoms with Crippen molar-refractivity contribution in [1.29, 1.82) is 0 Å². The Morgan fingerprint density at radius 1 is 0.925 bits per heavy atom. The van der Waals surface area contributed by atoms with Crippen molar-refractivity contribution in [2.45, 2.75) is 70.9 Å². The Bertz CT molecular complexity index is 1510. The molecule has 2 saturated carbocycles. The van der Waals surface area contributed by atoms with Crippen LogP contribution in [0.1, 0.15) is 63.9 Å². The first-order valence-corrected chi connectivity index (χ1v) is 15.6. The lowest BCUT2D eigenvalue weighted by Gasteiger charge is -2.33. The van der Waals surface area contributed by atoms with E-state index in [0.29, 0.717) is 23.5 Å². The van der Waals surface area contributed by atoms with E-state index in [1.165, 1.54) is 34.1 Å². The monoisotopic (exact) mass is 554 g/mol. The van der Waals surface area contributed by atoms with Gasteiger partial charge in [-0.2, -0.15) is 0 Å². The van der Waals surface area contributed by atoms with E-state index in [2.05, 4.69) is 70.3 Å². The molecule has 4 aromatic rings. The van der Waals surface area contributed by atoms with E-state index in [4.69, 9.17) is 0 Å². The van der Waals surface area contributed by atoms with Crippen LogP contribution in [-0.2, 0) is 16.1 Å². The molecule has 3 aromatic carbocycles. The zero-order valence-corrected chi connectivity index (χ0v) is 23.9. The number of fused-ring (bicyclic) bond motifs is 2. The van der Waals surface area contributed by atoms with Gasteiger partial charge in [-0.3, -0.25) is 9.59 Å². The Morgan fingerprint density at radius 3 is 2.58 bits per heavy atom. The van der Waals surface area contributed by atoms with E-state index in [1.807, 2.05) is 18.2 Å². The van der Waals surface area contributed by atoms with Crippen LogP contribution in [0, 0.1) is 17.8 Å². The number of benzene rings is 3. The highest BCUT2D eigenvalue weighted by molar-refractivity contribution is 7.22. The maximum Gasteiger partial charge on any atom is 0.241 e. The summed E-state index contributed by atoms with van der Waals surface area (Å²) in [5.41, 5.74) is 2.77. The van der Waals surface area contributed by atoms with Crippen LogP contribution >= 0.6 is 11.3 Å². The lowest BCUT2D eigenvalue weighted by atomic mass is 9.78. The zero-order valence-electron chi connectivity index (χ0n) is 23.1. The first-order valence-electron chi connectivity index (χ1n) is 14.8. The lowest BCUT2D eigenvalue weighted by Crippen LogP contribution is -2.46. The molecule has 0 saturated heterocycles. The van der Waals surface area contributed by atoms with E-state index in [1.54, 1.807) is 0 Å². The van der Waals surface area contributed by atoms with Gasteiger partial charge in [-0.25, -0.2) is 4.98 Å². The van der Waals surface area contributed by atoms with Gasteiger partial charge in [-0.15, -0.1) is 0 Å².